The fraction of sp³-hybridized carbons (Fsp3) is 0.722. The van der Waals surface area contributed by atoms with Crippen LogP contribution in [0.2, 0.25) is 0 Å². The van der Waals surface area contributed by atoms with E-state index in [9.17, 15) is 19.2 Å². The zero-order chi connectivity index (χ0) is 24.0. The number of nitrogens with one attached hydrogen (secondary N) is 3. The molecule has 4 atom stereocenters. The van der Waals surface area contributed by atoms with Gasteiger partial charge >= 0.3 is 0 Å². The summed E-state index contributed by atoms with van der Waals surface area (Å²) in [4.78, 5) is 52.0. The molecule has 0 aromatic heterocycles. The molecule has 13 nitrogen and oxygen atoms in total. The number of nitrogens with zero attached hydrogens (tertiary/aromatic N) is 1. The van der Waals surface area contributed by atoms with Crippen molar-refractivity contribution < 1.29 is 19.2 Å². The highest BCUT2D eigenvalue weighted by Crippen LogP contribution is 2.01. The molecule has 178 valence electrons. The summed E-state index contributed by atoms with van der Waals surface area (Å²) in [5, 5.41) is 7.47. The third-order valence-corrected chi connectivity index (χ3v) is 4.42. The molecule has 0 heterocycles. The molecule has 0 radical (unpaired) electrons. The predicted molar refractivity (Wildman–Crippen MR) is 117 cm³/mol. The lowest BCUT2D eigenvalue weighted by Gasteiger charge is -2.22. The summed E-state index contributed by atoms with van der Waals surface area (Å²) in [6.07, 6.45) is 2.50. The molecule has 0 saturated heterocycles. The molecule has 0 aliphatic rings. The number of carbonyl (C=O) groups is 4. The van der Waals surface area contributed by atoms with Gasteiger partial charge in [-0.1, -0.05) is 0 Å². The molecule has 0 aliphatic carbocycles. The minimum absolute atomic E-state index is 0.0424. The topological polar surface area (TPSA) is 247 Å². The van der Waals surface area contributed by atoms with Crippen molar-refractivity contribution in [1.82, 2.24) is 16.0 Å². The highest BCUT2D eigenvalue weighted by molar-refractivity contribution is 5.94. The second-order valence-corrected chi connectivity index (χ2v) is 7.26. The van der Waals surface area contributed by atoms with E-state index >= 15 is 0 Å². The summed E-state index contributed by atoms with van der Waals surface area (Å²) >= 11 is 0. The first-order valence-electron chi connectivity index (χ1n) is 10.2. The van der Waals surface area contributed by atoms with Crippen LogP contribution in [0.3, 0.4) is 0 Å². The number of amides is 4. The number of unbranched alkanes of at least 4 members (excludes halogenated alkanes) is 1. The molecule has 0 aliphatic heterocycles. The highest BCUT2D eigenvalue weighted by atomic mass is 16.2. The summed E-state index contributed by atoms with van der Waals surface area (Å²) in [5.74, 6) is -2.38. The van der Waals surface area contributed by atoms with Crippen molar-refractivity contribution in [2.24, 2.45) is 33.7 Å². The highest BCUT2D eigenvalue weighted by Gasteiger charge is 2.25. The van der Waals surface area contributed by atoms with Crippen molar-refractivity contribution in [3.8, 4) is 0 Å². The molecular weight excluding hydrogens is 406 g/mol. The van der Waals surface area contributed by atoms with Gasteiger partial charge in [0.05, 0.1) is 6.04 Å². The summed E-state index contributed by atoms with van der Waals surface area (Å²) in [6.45, 7) is 3.72. The monoisotopic (exact) mass is 443 g/mol. The zero-order valence-corrected chi connectivity index (χ0v) is 18.2. The molecule has 0 fully saturated rings. The Bertz CT molecular complexity index is 638. The van der Waals surface area contributed by atoms with Gasteiger partial charge < -0.3 is 44.6 Å². The van der Waals surface area contributed by atoms with Crippen molar-refractivity contribution in [2.75, 3.05) is 13.1 Å². The minimum atomic E-state index is -0.948. The van der Waals surface area contributed by atoms with Gasteiger partial charge in [0.15, 0.2) is 5.96 Å². The number of hydrogen-bond acceptors (Lipinski definition) is 7. The van der Waals surface area contributed by atoms with Crippen LogP contribution in [0.25, 0.3) is 0 Å². The molecular formula is C18H37N9O4. The number of rotatable bonds is 15. The van der Waals surface area contributed by atoms with Crippen LogP contribution in [-0.2, 0) is 19.2 Å². The van der Waals surface area contributed by atoms with Crippen LogP contribution in [-0.4, -0.2) is 66.8 Å². The van der Waals surface area contributed by atoms with E-state index in [2.05, 4.69) is 20.9 Å². The second-order valence-electron chi connectivity index (χ2n) is 7.26. The van der Waals surface area contributed by atoms with Crippen LogP contribution >= 0.6 is 0 Å². The SMILES string of the molecule is C[C@H](NC(=O)[C@H](C)NC(=O)[C@@H](N)CCCN=C(N)N)C(=O)N[C@@H](CCCCN)C(N)=O. The number of guanidine groups is 1. The second kappa shape index (κ2) is 15.0. The van der Waals surface area contributed by atoms with E-state index < -0.39 is 47.8 Å². The predicted octanol–water partition coefficient (Wildman–Crippen LogP) is -3.52. The van der Waals surface area contributed by atoms with Gasteiger partial charge in [-0.05, 0) is 52.5 Å². The average molecular weight is 444 g/mol. The fourth-order valence-corrected chi connectivity index (χ4v) is 2.52. The Hall–Kier alpha value is -2.93. The van der Waals surface area contributed by atoms with E-state index in [0.29, 0.717) is 45.2 Å². The minimum Gasteiger partial charge on any atom is -0.370 e. The number of nitrogens with two attached hydrogens (primary N) is 5. The molecule has 0 aromatic carbocycles. The molecule has 4 amide bonds. The van der Waals surface area contributed by atoms with E-state index in [1.807, 2.05) is 0 Å². The van der Waals surface area contributed by atoms with Crippen molar-refractivity contribution in [3.63, 3.8) is 0 Å². The van der Waals surface area contributed by atoms with Gasteiger partial charge in [0.25, 0.3) is 0 Å². The Morgan fingerprint density at radius 1 is 0.806 bits per heavy atom. The third kappa shape index (κ3) is 12.4. The molecule has 0 rings (SSSR count). The molecule has 31 heavy (non-hydrogen) atoms. The van der Waals surface area contributed by atoms with Crippen molar-refractivity contribution in [1.29, 1.82) is 0 Å². The molecule has 0 saturated carbocycles. The molecule has 0 bridgehead atoms. The molecule has 0 spiro atoms. The van der Waals surface area contributed by atoms with Crippen LogP contribution in [0.15, 0.2) is 4.99 Å². The van der Waals surface area contributed by atoms with Crippen LogP contribution < -0.4 is 44.6 Å². The molecule has 13 heteroatoms. The first-order chi connectivity index (χ1) is 14.5. The number of primary amides is 1. The van der Waals surface area contributed by atoms with E-state index in [4.69, 9.17) is 28.7 Å². The summed E-state index contributed by atoms with van der Waals surface area (Å²) in [6, 6.07) is -3.57. The van der Waals surface area contributed by atoms with E-state index in [1.165, 1.54) is 13.8 Å². The molecule has 13 N–H and O–H groups in total. The van der Waals surface area contributed by atoms with Gasteiger partial charge in [0, 0.05) is 6.54 Å². The third-order valence-electron chi connectivity index (χ3n) is 4.42. The van der Waals surface area contributed by atoms with Crippen molar-refractivity contribution >= 4 is 29.6 Å². The largest absolute Gasteiger partial charge is 0.370 e. The average Bonchev–Trinajstić information content (AvgIpc) is 2.69. The number of aliphatic imine (C=N–C) groups is 1. The van der Waals surface area contributed by atoms with E-state index in [0.717, 1.165) is 0 Å². The normalized spacial score (nSPS) is 14.5. The van der Waals surface area contributed by atoms with Gasteiger partial charge in [0.2, 0.25) is 23.6 Å². The fourth-order valence-electron chi connectivity index (χ4n) is 2.52. The smallest absolute Gasteiger partial charge is 0.242 e. The Kier molecular flexibility index (Phi) is 13.5. The van der Waals surface area contributed by atoms with Crippen LogP contribution in [0.4, 0.5) is 0 Å². The lowest BCUT2D eigenvalue weighted by Crippen LogP contribution is -2.56. The van der Waals surface area contributed by atoms with Gasteiger partial charge in [0.1, 0.15) is 18.1 Å². The Balaban J connectivity index is 4.52. The van der Waals surface area contributed by atoms with Gasteiger partial charge in [-0.15, -0.1) is 0 Å². The first-order valence-corrected chi connectivity index (χ1v) is 10.2. The molecule has 0 aromatic rings. The Morgan fingerprint density at radius 2 is 1.35 bits per heavy atom. The first kappa shape index (κ1) is 28.1. The zero-order valence-electron chi connectivity index (χ0n) is 18.2. The van der Waals surface area contributed by atoms with Gasteiger partial charge in [-0.3, -0.25) is 24.2 Å². The maximum atomic E-state index is 12.3. The quantitative estimate of drug-likeness (QED) is 0.0713. The Labute approximate surface area is 182 Å². The van der Waals surface area contributed by atoms with Crippen LogP contribution in [0.1, 0.15) is 46.0 Å². The van der Waals surface area contributed by atoms with E-state index in [1.54, 1.807) is 0 Å². The van der Waals surface area contributed by atoms with Crippen molar-refractivity contribution in [2.45, 2.75) is 70.1 Å². The van der Waals surface area contributed by atoms with Crippen molar-refractivity contribution in [3.05, 3.63) is 0 Å². The van der Waals surface area contributed by atoms with Gasteiger partial charge in [-0.25, -0.2) is 0 Å². The summed E-state index contributed by atoms with van der Waals surface area (Å²) in [5.41, 5.74) is 26.9. The summed E-state index contributed by atoms with van der Waals surface area (Å²) < 4.78 is 0. The maximum absolute atomic E-state index is 12.3. The molecule has 0 unspecified atom stereocenters. The lowest BCUT2D eigenvalue weighted by molar-refractivity contribution is -0.133. The van der Waals surface area contributed by atoms with Gasteiger partial charge in [-0.2, -0.15) is 0 Å². The number of hydrogen-bond donors (Lipinski definition) is 8. The summed E-state index contributed by atoms with van der Waals surface area (Å²) in [7, 11) is 0. The Morgan fingerprint density at radius 3 is 1.87 bits per heavy atom. The number of carbonyl (C=O) groups excluding carboxylic acids is 4. The maximum Gasteiger partial charge on any atom is 0.242 e. The standard InChI is InChI=1S/C18H37N9O4/c1-10(26-17(31)12(20)6-5-9-24-18(22)23)15(29)25-11(2)16(30)27-13(14(21)28)7-3-4-8-19/h10-13H,3-9,19-20H2,1-2H3,(H2,21,28)(H,25,29)(H,26,31)(H,27,30)(H4,22,23,24)/t10-,11-,12-,13-/m0/s1. The van der Waals surface area contributed by atoms with Crippen LogP contribution in [0, 0.1) is 0 Å². The van der Waals surface area contributed by atoms with E-state index in [-0.39, 0.29) is 5.96 Å². The van der Waals surface area contributed by atoms with Crippen LogP contribution in [0.5, 0.6) is 0 Å². The lowest BCUT2D eigenvalue weighted by atomic mass is 10.1.